The molecule has 112 valence electrons. The minimum absolute atomic E-state index is 0.0850. The summed E-state index contributed by atoms with van der Waals surface area (Å²) in [5.41, 5.74) is 1.44. The third-order valence-electron chi connectivity index (χ3n) is 2.89. The number of hydrogen-bond donors (Lipinski definition) is 2. The fourth-order valence-electron chi connectivity index (χ4n) is 1.97. The van der Waals surface area contributed by atoms with Gasteiger partial charge in [-0.15, -0.1) is 5.10 Å². The van der Waals surface area contributed by atoms with Crippen LogP contribution in [0.4, 0.5) is 5.82 Å². The maximum Gasteiger partial charge on any atom is 0.251 e. The standard InChI is InChI=1S/C14H20N6O/c1-3-15-13-10-12(9-11(2)18-13)14(21)16-5-4-7-20-8-6-17-19-20/h6,8-10H,3-5,7H2,1-2H3,(H,15,18)(H,16,21). The van der Waals surface area contributed by atoms with Gasteiger partial charge in [-0.1, -0.05) is 5.21 Å². The Balaban J connectivity index is 1.85. The summed E-state index contributed by atoms with van der Waals surface area (Å²) in [6, 6.07) is 3.55. The average Bonchev–Trinajstić information content (AvgIpc) is 2.96. The molecule has 0 fully saturated rings. The van der Waals surface area contributed by atoms with Crippen LogP contribution in [0.1, 0.15) is 29.4 Å². The van der Waals surface area contributed by atoms with E-state index in [-0.39, 0.29) is 5.91 Å². The average molecular weight is 288 g/mol. The Morgan fingerprint density at radius 1 is 1.38 bits per heavy atom. The lowest BCUT2D eigenvalue weighted by atomic mass is 10.2. The third kappa shape index (κ3) is 4.55. The molecule has 0 aliphatic carbocycles. The molecular formula is C14H20N6O. The summed E-state index contributed by atoms with van der Waals surface area (Å²) in [7, 11) is 0. The summed E-state index contributed by atoms with van der Waals surface area (Å²) in [5.74, 6) is 0.642. The van der Waals surface area contributed by atoms with Gasteiger partial charge in [-0.25, -0.2) is 4.98 Å². The Labute approximate surface area is 123 Å². The van der Waals surface area contributed by atoms with Gasteiger partial charge in [0.05, 0.1) is 6.20 Å². The highest BCUT2D eigenvalue weighted by atomic mass is 16.1. The zero-order valence-corrected chi connectivity index (χ0v) is 12.3. The van der Waals surface area contributed by atoms with Crippen molar-refractivity contribution >= 4 is 11.7 Å². The number of amides is 1. The van der Waals surface area contributed by atoms with Gasteiger partial charge in [0.2, 0.25) is 0 Å². The topological polar surface area (TPSA) is 84.7 Å². The van der Waals surface area contributed by atoms with Crippen LogP contribution in [0, 0.1) is 6.92 Å². The first kappa shape index (κ1) is 15.0. The summed E-state index contributed by atoms with van der Waals surface area (Å²) in [6.07, 6.45) is 4.25. The zero-order valence-electron chi connectivity index (χ0n) is 12.3. The van der Waals surface area contributed by atoms with Gasteiger partial charge >= 0.3 is 0 Å². The third-order valence-corrected chi connectivity index (χ3v) is 2.89. The highest BCUT2D eigenvalue weighted by Crippen LogP contribution is 2.10. The lowest BCUT2D eigenvalue weighted by Gasteiger charge is -2.08. The van der Waals surface area contributed by atoms with Crippen LogP contribution in [0.5, 0.6) is 0 Å². The van der Waals surface area contributed by atoms with Gasteiger partial charge in [0.25, 0.3) is 5.91 Å². The van der Waals surface area contributed by atoms with E-state index in [9.17, 15) is 4.79 Å². The van der Waals surface area contributed by atoms with E-state index < -0.39 is 0 Å². The molecule has 0 bridgehead atoms. The molecular weight excluding hydrogens is 268 g/mol. The Kier molecular flexibility index (Phi) is 5.25. The minimum Gasteiger partial charge on any atom is -0.370 e. The molecule has 2 rings (SSSR count). The van der Waals surface area contributed by atoms with Crippen molar-refractivity contribution in [3.8, 4) is 0 Å². The van der Waals surface area contributed by atoms with Crippen molar-refractivity contribution in [2.45, 2.75) is 26.8 Å². The van der Waals surface area contributed by atoms with Crippen LogP contribution in [-0.2, 0) is 6.54 Å². The van der Waals surface area contributed by atoms with E-state index in [4.69, 9.17) is 0 Å². The maximum atomic E-state index is 12.1. The van der Waals surface area contributed by atoms with E-state index in [2.05, 4.69) is 25.9 Å². The molecule has 0 aliphatic heterocycles. The monoisotopic (exact) mass is 288 g/mol. The first-order valence-corrected chi connectivity index (χ1v) is 7.04. The lowest BCUT2D eigenvalue weighted by molar-refractivity contribution is 0.0952. The molecule has 2 N–H and O–H groups in total. The molecule has 7 heteroatoms. The van der Waals surface area contributed by atoms with Gasteiger partial charge in [0.1, 0.15) is 5.82 Å². The predicted octanol–water partition coefficient (Wildman–Crippen LogP) is 1.23. The number of anilines is 1. The molecule has 7 nitrogen and oxygen atoms in total. The fraction of sp³-hybridized carbons (Fsp3) is 0.429. The second kappa shape index (κ2) is 7.37. The molecule has 0 aromatic carbocycles. The van der Waals surface area contributed by atoms with Crippen molar-refractivity contribution < 1.29 is 4.79 Å². The van der Waals surface area contributed by atoms with Crippen LogP contribution in [0.15, 0.2) is 24.5 Å². The molecule has 2 heterocycles. The van der Waals surface area contributed by atoms with E-state index in [0.29, 0.717) is 12.1 Å². The maximum absolute atomic E-state index is 12.1. The Morgan fingerprint density at radius 3 is 2.95 bits per heavy atom. The molecule has 1 amide bonds. The van der Waals surface area contributed by atoms with E-state index in [0.717, 1.165) is 31.0 Å². The number of rotatable bonds is 7. The van der Waals surface area contributed by atoms with Crippen molar-refractivity contribution in [3.63, 3.8) is 0 Å². The number of aromatic nitrogens is 4. The van der Waals surface area contributed by atoms with E-state index in [1.54, 1.807) is 29.2 Å². The fourth-order valence-corrected chi connectivity index (χ4v) is 1.97. The molecule has 21 heavy (non-hydrogen) atoms. The molecule has 0 unspecified atom stereocenters. The number of carbonyl (C=O) groups is 1. The van der Waals surface area contributed by atoms with Gasteiger partial charge in [0, 0.05) is 37.1 Å². The van der Waals surface area contributed by atoms with Crippen molar-refractivity contribution in [2.75, 3.05) is 18.4 Å². The summed E-state index contributed by atoms with van der Waals surface area (Å²) >= 11 is 0. The van der Waals surface area contributed by atoms with E-state index in [1.165, 1.54) is 0 Å². The largest absolute Gasteiger partial charge is 0.370 e. The first-order valence-electron chi connectivity index (χ1n) is 7.04. The first-order chi connectivity index (χ1) is 10.2. The Bertz CT molecular complexity index is 581. The van der Waals surface area contributed by atoms with Gasteiger partial charge in [0.15, 0.2) is 0 Å². The van der Waals surface area contributed by atoms with Crippen molar-refractivity contribution in [2.24, 2.45) is 0 Å². The van der Waals surface area contributed by atoms with Crippen molar-refractivity contribution in [1.29, 1.82) is 0 Å². The number of aryl methyl sites for hydroxylation is 2. The van der Waals surface area contributed by atoms with Gasteiger partial charge in [-0.05, 0) is 32.4 Å². The van der Waals surface area contributed by atoms with E-state index in [1.807, 2.05) is 13.8 Å². The molecule has 0 atom stereocenters. The summed E-state index contributed by atoms with van der Waals surface area (Å²) in [4.78, 5) is 16.4. The van der Waals surface area contributed by atoms with Gasteiger partial charge in [-0.2, -0.15) is 0 Å². The quantitative estimate of drug-likeness (QED) is 0.749. The Hall–Kier alpha value is -2.44. The number of carbonyl (C=O) groups excluding carboxylic acids is 1. The molecule has 2 aromatic rings. The van der Waals surface area contributed by atoms with Crippen LogP contribution in [0.25, 0.3) is 0 Å². The zero-order chi connectivity index (χ0) is 15.1. The van der Waals surface area contributed by atoms with Crippen molar-refractivity contribution in [1.82, 2.24) is 25.3 Å². The minimum atomic E-state index is -0.0850. The predicted molar refractivity (Wildman–Crippen MR) is 80.1 cm³/mol. The van der Waals surface area contributed by atoms with Gasteiger partial charge < -0.3 is 10.6 Å². The number of nitrogens with one attached hydrogen (secondary N) is 2. The second-order valence-corrected chi connectivity index (χ2v) is 4.69. The highest BCUT2D eigenvalue weighted by Gasteiger charge is 2.08. The molecule has 0 saturated carbocycles. The smallest absolute Gasteiger partial charge is 0.251 e. The summed E-state index contributed by atoms with van der Waals surface area (Å²) < 4.78 is 1.74. The Morgan fingerprint density at radius 2 is 2.24 bits per heavy atom. The van der Waals surface area contributed by atoms with Gasteiger partial charge in [-0.3, -0.25) is 9.48 Å². The van der Waals surface area contributed by atoms with Crippen LogP contribution in [0.3, 0.4) is 0 Å². The van der Waals surface area contributed by atoms with E-state index >= 15 is 0 Å². The molecule has 0 aliphatic rings. The molecule has 0 saturated heterocycles. The highest BCUT2D eigenvalue weighted by molar-refractivity contribution is 5.94. The molecule has 0 spiro atoms. The van der Waals surface area contributed by atoms with Crippen molar-refractivity contribution in [3.05, 3.63) is 35.8 Å². The summed E-state index contributed by atoms with van der Waals surface area (Å²) in [5, 5.41) is 13.6. The van der Waals surface area contributed by atoms with Crippen LogP contribution < -0.4 is 10.6 Å². The second-order valence-electron chi connectivity index (χ2n) is 4.69. The lowest BCUT2D eigenvalue weighted by Crippen LogP contribution is -2.25. The number of hydrogen-bond acceptors (Lipinski definition) is 5. The summed E-state index contributed by atoms with van der Waals surface area (Å²) in [6.45, 7) is 5.97. The number of pyridine rings is 1. The van der Waals surface area contributed by atoms with Crippen LogP contribution >= 0.6 is 0 Å². The molecule has 2 aromatic heterocycles. The number of nitrogens with zero attached hydrogens (tertiary/aromatic N) is 4. The SMILES string of the molecule is CCNc1cc(C(=O)NCCCn2ccnn2)cc(C)n1. The van der Waals surface area contributed by atoms with Crippen LogP contribution in [-0.4, -0.2) is 39.0 Å². The normalized spacial score (nSPS) is 10.4. The van der Waals surface area contributed by atoms with Crippen LogP contribution in [0.2, 0.25) is 0 Å². The molecule has 0 radical (unpaired) electrons.